The minimum absolute atomic E-state index is 0.706. The Morgan fingerprint density at radius 2 is 2.11 bits per heavy atom. The number of morpholine rings is 1. The van der Waals surface area contributed by atoms with Gasteiger partial charge in [-0.15, -0.1) is 0 Å². The van der Waals surface area contributed by atoms with E-state index in [1.165, 1.54) is 19.3 Å². The zero-order chi connectivity index (χ0) is 12.4. The van der Waals surface area contributed by atoms with Crippen LogP contribution in [0.3, 0.4) is 0 Å². The molecule has 3 rings (SSSR count). The van der Waals surface area contributed by atoms with Crippen LogP contribution in [0, 0.1) is 17.8 Å². The second-order valence-electron chi connectivity index (χ2n) is 5.67. The summed E-state index contributed by atoms with van der Waals surface area (Å²) in [6, 6.07) is 0. The standard InChI is InChI=1S/C14H23N3O/c15-14(17-5-7-18-8-6-17)16-4-3-13-10-11-1-2-12(13)9-11/h1-2,11-13H,3-10H2,(H2,15,16)/t11-,12+,13?/m1/s1. The Hall–Kier alpha value is -1.03. The van der Waals surface area contributed by atoms with E-state index in [-0.39, 0.29) is 0 Å². The van der Waals surface area contributed by atoms with Crippen molar-refractivity contribution in [2.45, 2.75) is 19.3 Å². The van der Waals surface area contributed by atoms with Crippen LogP contribution in [-0.4, -0.2) is 43.7 Å². The number of aliphatic imine (C=N–C) groups is 1. The van der Waals surface area contributed by atoms with E-state index in [9.17, 15) is 0 Å². The number of hydrogen-bond donors (Lipinski definition) is 1. The van der Waals surface area contributed by atoms with Gasteiger partial charge in [0.1, 0.15) is 0 Å². The number of allylic oxidation sites excluding steroid dienone is 2. The first kappa shape index (κ1) is 12.0. The molecule has 4 heteroatoms. The van der Waals surface area contributed by atoms with E-state index in [2.05, 4.69) is 22.0 Å². The van der Waals surface area contributed by atoms with Crippen LogP contribution in [0.5, 0.6) is 0 Å². The first-order valence-electron chi connectivity index (χ1n) is 7.14. The third-order valence-corrected chi connectivity index (χ3v) is 4.53. The maximum absolute atomic E-state index is 6.02. The number of nitrogens with two attached hydrogens (primary N) is 1. The van der Waals surface area contributed by atoms with Crippen molar-refractivity contribution in [3.63, 3.8) is 0 Å². The Morgan fingerprint density at radius 1 is 1.28 bits per heavy atom. The fourth-order valence-corrected chi connectivity index (χ4v) is 3.46. The van der Waals surface area contributed by atoms with Gasteiger partial charge in [0.05, 0.1) is 13.2 Å². The van der Waals surface area contributed by atoms with E-state index < -0.39 is 0 Å². The lowest BCUT2D eigenvalue weighted by atomic mass is 9.91. The van der Waals surface area contributed by atoms with Crippen molar-refractivity contribution < 1.29 is 4.74 Å². The molecule has 1 unspecified atom stereocenters. The molecule has 0 spiro atoms. The number of guanidine groups is 1. The van der Waals surface area contributed by atoms with Gasteiger partial charge in [-0.1, -0.05) is 12.2 Å². The summed E-state index contributed by atoms with van der Waals surface area (Å²) in [5, 5.41) is 0. The molecule has 3 atom stereocenters. The van der Waals surface area contributed by atoms with Crippen LogP contribution in [-0.2, 0) is 4.74 Å². The number of nitrogens with zero attached hydrogens (tertiary/aromatic N) is 2. The topological polar surface area (TPSA) is 50.8 Å². The van der Waals surface area contributed by atoms with Gasteiger partial charge in [-0.2, -0.15) is 0 Å². The van der Waals surface area contributed by atoms with E-state index in [1.54, 1.807) is 0 Å². The summed E-state index contributed by atoms with van der Waals surface area (Å²) < 4.78 is 5.31. The molecule has 3 aliphatic rings. The summed E-state index contributed by atoms with van der Waals surface area (Å²) in [4.78, 5) is 6.66. The number of rotatable bonds is 3. The number of hydrogen-bond acceptors (Lipinski definition) is 2. The summed E-state index contributed by atoms with van der Waals surface area (Å²) in [6.07, 6.45) is 8.75. The normalized spacial score (nSPS) is 35.4. The Labute approximate surface area is 109 Å². The van der Waals surface area contributed by atoms with E-state index in [0.29, 0.717) is 5.96 Å². The Bertz CT molecular complexity index is 347. The maximum Gasteiger partial charge on any atom is 0.191 e. The van der Waals surface area contributed by atoms with Gasteiger partial charge in [0.25, 0.3) is 0 Å². The van der Waals surface area contributed by atoms with Crippen LogP contribution in [0.2, 0.25) is 0 Å². The molecule has 1 heterocycles. The molecule has 1 aliphatic heterocycles. The molecule has 100 valence electrons. The molecule has 0 radical (unpaired) electrons. The monoisotopic (exact) mass is 249 g/mol. The molecular formula is C14H23N3O. The third kappa shape index (κ3) is 2.53. The van der Waals surface area contributed by atoms with Crippen LogP contribution in [0.1, 0.15) is 19.3 Å². The van der Waals surface area contributed by atoms with Gasteiger partial charge in [0.15, 0.2) is 5.96 Å². The highest BCUT2D eigenvalue weighted by Crippen LogP contribution is 2.44. The molecule has 0 amide bonds. The fraction of sp³-hybridized carbons (Fsp3) is 0.786. The summed E-state index contributed by atoms with van der Waals surface area (Å²) >= 11 is 0. The smallest absolute Gasteiger partial charge is 0.191 e. The van der Waals surface area contributed by atoms with Gasteiger partial charge in [-0.25, -0.2) is 0 Å². The molecule has 1 saturated carbocycles. The Balaban J connectivity index is 1.44. The van der Waals surface area contributed by atoms with Crippen LogP contribution in [0.15, 0.2) is 17.1 Å². The minimum Gasteiger partial charge on any atom is -0.378 e. The van der Waals surface area contributed by atoms with Crippen molar-refractivity contribution in [1.29, 1.82) is 0 Å². The molecule has 2 aliphatic carbocycles. The number of fused-ring (bicyclic) bond motifs is 2. The van der Waals surface area contributed by atoms with Crippen LogP contribution in [0.4, 0.5) is 0 Å². The van der Waals surface area contributed by atoms with Crippen molar-refractivity contribution in [3.05, 3.63) is 12.2 Å². The second kappa shape index (κ2) is 5.31. The van der Waals surface area contributed by atoms with Crippen molar-refractivity contribution in [2.75, 3.05) is 32.8 Å². The van der Waals surface area contributed by atoms with Crippen LogP contribution in [0.25, 0.3) is 0 Å². The maximum atomic E-state index is 6.02. The summed E-state index contributed by atoms with van der Waals surface area (Å²) in [6.45, 7) is 4.18. The van der Waals surface area contributed by atoms with Gasteiger partial charge in [-0.05, 0) is 37.0 Å². The molecule has 0 aromatic rings. The van der Waals surface area contributed by atoms with Gasteiger partial charge >= 0.3 is 0 Å². The molecule has 18 heavy (non-hydrogen) atoms. The SMILES string of the molecule is NC(=NCCC1C[C@@H]2C=C[C@H]1C2)N1CCOCC1. The third-order valence-electron chi connectivity index (χ3n) is 4.53. The van der Waals surface area contributed by atoms with E-state index in [1.807, 2.05) is 0 Å². The van der Waals surface area contributed by atoms with E-state index >= 15 is 0 Å². The summed E-state index contributed by atoms with van der Waals surface area (Å²) in [7, 11) is 0. The van der Waals surface area contributed by atoms with Crippen LogP contribution < -0.4 is 5.73 Å². The molecule has 0 aromatic carbocycles. The Morgan fingerprint density at radius 3 is 2.78 bits per heavy atom. The molecule has 1 saturated heterocycles. The molecule has 2 N–H and O–H groups in total. The molecular weight excluding hydrogens is 226 g/mol. The van der Waals surface area contributed by atoms with Gasteiger partial charge in [0, 0.05) is 19.6 Å². The molecule has 4 nitrogen and oxygen atoms in total. The highest BCUT2D eigenvalue weighted by Gasteiger charge is 2.34. The summed E-state index contributed by atoms with van der Waals surface area (Å²) in [5.41, 5.74) is 6.02. The summed E-state index contributed by atoms with van der Waals surface area (Å²) in [5.74, 6) is 3.24. The highest BCUT2D eigenvalue weighted by atomic mass is 16.5. The highest BCUT2D eigenvalue weighted by molar-refractivity contribution is 5.78. The lowest BCUT2D eigenvalue weighted by Gasteiger charge is -2.27. The lowest BCUT2D eigenvalue weighted by molar-refractivity contribution is 0.0674. The van der Waals surface area contributed by atoms with E-state index in [0.717, 1.165) is 50.6 Å². The quantitative estimate of drug-likeness (QED) is 0.465. The Kier molecular flexibility index (Phi) is 3.55. The average Bonchev–Trinajstić information content (AvgIpc) is 3.02. The molecule has 2 bridgehead atoms. The van der Waals surface area contributed by atoms with Gasteiger partial charge in [-0.3, -0.25) is 4.99 Å². The lowest BCUT2D eigenvalue weighted by Crippen LogP contribution is -2.44. The largest absolute Gasteiger partial charge is 0.378 e. The van der Waals surface area contributed by atoms with E-state index in [4.69, 9.17) is 10.5 Å². The zero-order valence-corrected chi connectivity index (χ0v) is 10.9. The molecule has 2 fully saturated rings. The minimum atomic E-state index is 0.706. The second-order valence-corrected chi connectivity index (χ2v) is 5.67. The van der Waals surface area contributed by atoms with Crippen LogP contribution >= 0.6 is 0 Å². The first-order chi connectivity index (χ1) is 8.83. The van der Waals surface area contributed by atoms with Crippen molar-refractivity contribution >= 4 is 5.96 Å². The van der Waals surface area contributed by atoms with Crippen molar-refractivity contribution in [2.24, 2.45) is 28.5 Å². The number of ether oxygens (including phenoxy) is 1. The predicted molar refractivity (Wildman–Crippen MR) is 72.3 cm³/mol. The van der Waals surface area contributed by atoms with Crippen molar-refractivity contribution in [1.82, 2.24) is 4.90 Å². The average molecular weight is 249 g/mol. The first-order valence-corrected chi connectivity index (χ1v) is 7.14. The van der Waals surface area contributed by atoms with Gasteiger partial charge in [0.2, 0.25) is 0 Å². The fourth-order valence-electron chi connectivity index (χ4n) is 3.46. The van der Waals surface area contributed by atoms with Gasteiger partial charge < -0.3 is 15.4 Å². The zero-order valence-electron chi connectivity index (χ0n) is 10.9. The van der Waals surface area contributed by atoms with Crippen molar-refractivity contribution in [3.8, 4) is 0 Å². The molecule has 0 aromatic heterocycles. The predicted octanol–water partition coefficient (Wildman–Crippen LogP) is 1.24.